The van der Waals surface area contributed by atoms with Gasteiger partial charge < -0.3 is 10.1 Å². The Balaban J connectivity index is 1.60. The van der Waals surface area contributed by atoms with Crippen molar-refractivity contribution in [2.24, 2.45) is 0 Å². The summed E-state index contributed by atoms with van der Waals surface area (Å²) in [7, 11) is 0. The highest BCUT2D eigenvalue weighted by molar-refractivity contribution is 14.1. The zero-order valence-electron chi connectivity index (χ0n) is 16.4. The molecule has 3 rings (SSSR count). The van der Waals surface area contributed by atoms with Gasteiger partial charge in [-0.25, -0.2) is 0 Å². The van der Waals surface area contributed by atoms with Crippen LogP contribution in [0.4, 0.5) is 10.5 Å². The van der Waals surface area contributed by atoms with Crippen molar-refractivity contribution in [1.82, 2.24) is 4.90 Å². The Morgan fingerprint density at radius 3 is 2.50 bits per heavy atom. The van der Waals surface area contributed by atoms with Crippen LogP contribution in [0.5, 0.6) is 5.75 Å². The summed E-state index contributed by atoms with van der Waals surface area (Å²) in [6.45, 7) is 2.45. The molecule has 0 saturated carbocycles. The number of nitrogens with zero attached hydrogens (tertiary/aromatic N) is 1. The van der Waals surface area contributed by atoms with Crippen LogP contribution in [0.25, 0.3) is 6.08 Å². The van der Waals surface area contributed by atoms with Gasteiger partial charge in [0.25, 0.3) is 11.1 Å². The van der Waals surface area contributed by atoms with Crippen LogP contribution in [0.3, 0.4) is 0 Å². The maximum Gasteiger partial charge on any atom is 0.294 e. The first kappa shape index (κ1) is 22.4. The van der Waals surface area contributed by atoms with E-state index >= 15 is 0 Å². The van der Waals surface area contributed by atoms with Gasteiger partial charge in [-0.15, -0.1) is 0 Å². The van der Waals surface area contributed by atoms with Crippen LogP contribution in [0.15, 0.2) is 53.4 Å². The number of carbonyl (C=O) groups is 3. The molecule has 0 radical (unpaired) electrons. The molecule has 2 aromatic rings. The number of benzene rings is 2. The summed E-state index contributed by atoms with van der Waals surface area (Å²) in [6.07, 6.45) is 3.71. The minimum absolute atomic E-state index is 0.293. The molecule has 0 aromatic heterocycles. The van der Waals surface area contributed by atoms with Gasteiger partial charge in [0.1, 0.15) is 12.3 Å². The normalized spacial score (nSPS) is 15.0. The van der Waals surface area contributed by atoms with Crippen LogP contribution in [-0.4, -0.2) is 35.1 Å². The second-order valence-corrected chi connectivity index (χ2v) is 8.83. The Kier molecular flexibility index (Phi) is 7.92. The van der Waals surface area contributed by atoms with Crippen molar-refractivity contribution >= 4 is 63.2 Å². The molecule has 0 unspecified atom stereocenters. The summed E-state index contributed by atoms with van der Waals surface area (Å²) >= 11 is 3.00. The number of carbonyl (C=O) groups excluding carboxylic acids is 3. The number of hydrogen-bond donors (Lipinski definition) is 1. The summed E-state index contributed by atoms with van der Waals surface area (Å²) in [6, 6.07) is 14.6. The van der Waals surface area contributed by atoms with Crippen LogP contribution in [0.2, 0.25) is 0 Å². The van der Waals surface area contributed by atoms with Gasteiger partial charge in [-0.1, -0.05) is 25.5 Å². The van der Waals surface area contributed by atoms with Crippen LogP contribution < -0.4 is 10.1 Å². The number of imide groups is 1. The monoisotopic (exact) mass is 536 g/mol. The molecule has 8 heteroatoms. The molecule has 0 atom stereocenters. The van der Waals surface area contributed by atoms with Crippen molar-refractivity contribution in [3.8, 4) is 5.75 Å². The quantitative estimate of drug-likeness (QED) is 0.287. The lowest BCUT2D eigenvalue weighted by atomic mass is 10.2. The summed E-state index contributed by atoms with van der Waals surface area (Å²) in [5, 5.41) is 2.24. The van der Waals surface area contributed by atoms with Crippen molar-refractivity contribution in [1.29, 1.82) is 0 Å². The zero-order chi connectivity index (χ0) is 21.5. The molecule has 1 N–H and O–H groups in total. The van der Waals surface area contributed by atoms with Gasteiger partial charge in [0.2, 0.25) is 5.91 Å². The Morgan fingerprint density at radius 1 is 1.13 bits per heavy atom. The van der Waals surface area contributed by atoms with Crippen molar-refractivity contribution in [2.45, 2.75) is 19.8 Å². The smallest absolute Gasteiger partial charge is 0.294 e. The molecule has 1 saturated heterocycles. The standard InChI is InChI=1S/C22H21IN2O4S/c1-2-3-12-29-18-10-4-15(5-11-18)13-19-21(27)25(22(28)30-19)14-20(26)24-17-8-6-16(23)7-9-17/h4-11,13H,2-3,12,14H2,1H3,(H,24,26)/b19-13-. The lowest BCUT2D eigenvalue weighted by molar-refractivity contribution is -0.127. The molecular formula is C22H21IN2O4S. The number of halogens is 1. The number of hydrogen-bond acceptors (Lipinski definition) is 5. The lowest BCUT2D eigenvalue weighted by Gasteiger charge is -2.12. The number of nitrogens with one attached hydrogen (secondary N) is 1. The zero-order valence-corrected chi connectivity index (χ0v) is 19.4. The number of ether oxygens (including phenoxy) is 1. The molecular weight excluding hydrogens is 515 g/mol. The number of thioether (sulfide) groups is 1. The highest BCUT2D eigenvalue weighted by atomic mass is 127. The Labute approximate surface area is 193 Å². The fourth-order valence-electron chi connectivity index (χ4n) is 2.66. The largest absolute Gasteiger partial charge is 0.494 e. The molecule has 1 aliphatic heterocycles. The second-order valence-electron chi connectivity index (χ2n) is 6.59. The Bertz CT molecular complexity index is 958. The fraction of sp³-hybridized carbons (Fsp3) is 0.227. The van der Waals surface area contributed by atoms with Crippen molar-refractivity contribution in [2.75, 3.05) is 18.5 Å². The molecule has 156 valence electrons. The molecule has 2 aromatic carbocycles. The van der Waals surface area contributed by atoms with Crippen molar-refractivity contribution in [3.63, 3.8) is 0 Å². The number of amides is 3. The summed E-state index contributed by atoms with van der Waals surface area (Å²) in [5.41, 5.74) is 1.40. The predicted molar refractivity (Wildman–Crippen MR) is 127 cm³/mol. The van der Waals surface area contributed by atoms with Gasteiger partial charge in [-0.3, -0.25) is 19.3 Å². The van der Waals surface area contributed by atoms with Gasteiger partial charge in [-0.2, -0.15) is 0 Å². The molecule has 0 bridgehead atoms. The van der Waals surface area contributed by atoms with E-state index in [4.69, 9.17) is 4.74 Å². The summed E-state index contributed by atoms with van der Waals surface area (Å²) in [4.78, 5) is 38.4. The van der Waals surface area contributed by atoms with E-state index in [0.717, 1.165) is 44.4 Å². The lowest BCUT2D eigenvalue weighted by Crippen LogP contribution is -2.36. The highest BCUT2D eigenvalue weighted by Crippen LogP contribution is 2.32. The summed E-state index contributed by atoms with van der Waals surface area (Å²) < 4.78 is 6.67. The van der Waals surface area contributed by atoms with E-state index in [1.165, 1.54) is 0 Å². The maximum absolute atomic E-state index is 12.6. The van der Waals surface area contributed by atoms with Gasteiger partial charge >= 0.3 is 0 Å². The SMILES string of the molecule is CCCCOc1ccc(/C=C2\SC(=O)N(CC(=O)Nc3ccc(I)cc3)C2=O)cc1. The number of unbranched alkanes of at least 4 members (excludes halogenated alkanes) is 1. The van der Waals surface area contributed by atoms with E-state index in [9.17, 15) is 14.4 Å². The first-order chi connectivity index (χ1) is 14.5. The maximum atomic E-state index is 12.6. The third-order valence-corrected chi connectivity index (χ3v) is 5.87. The van der Waals surface area contributed by atoms with E-state index in [1.807, 2.05) is 36.4 Å². The van der Waals surface area contributed by atoms with E-state index in [-0.39, 0.29) is 6.54 Å². The van der Waals surface area contributed by atoms with Crippen molar-refractivity contribution < 1.29 is 19.1 Å². The molecule has 1 heterocycles. The van der Waals surface area contributed by atoms with Crippen LogP contribution in [0, 0.1) is 3.57 Å². The van der Waals surface area contributed by atoms with Crippen LogP contribution >= 0.6 is 34.4 Å². The average Bonchev–Trinajstić information content (AvgIpc) is 2.98. The van der Waals surface area contributed by atoms with E-state index < -0.39 is 17.1 Å². The van der Waals surface area contributed by atoms with Gasteiger partial charge in [0.05, 0.1) is 11.5 Å². The molecule has 0 spiro atoms. The van der Waals surface area contributed by atoms with Gasteiger partial charge in [0.15, 0.2) is 0 Å². The van der Waals surface area contributed by atoms with Crippen molar-refractivity contribution in [3.05, 3.63) is 62.6 Å². The van der Waals surface area contributed by atoms with Gasteiger partial charge in [0, 0.05) is 9.26 Å². The third-order valence-electron chi connectivity index (χ3n) is 4.25. The summed E-state index contributed by atoms with van der Waals surface area (Å²) in [5.74, 6) is -0.125. The third kappa shape index (κ3) is 6.09. The van der Waals surface area contributed by atoms with E-state index in [1.54, 1.807) is 18.2 Å². The number of rotatable bonds is 8. The van der Waals surface area contributed by atoms with Crippen LogP contribution in [0.1, 0.15) is 25.3 Å². The Morgan fingerprint density at radius 2 is 1.83 bits per heavy atom. The molecule has 30 heavy (non-hydrogen) atoms. The second kappa shape index (κ2) is 10.6. The minimum Gasteiger partial charge on any atom is -0.494 e. The topological polar surface area (TPSA) is 75.7 Å². The van der Waals surface area contributed by atoms with Gasteiger partial charge in [-0.05, 0) is 88.8 Å². The molecule has 1 fully saturated rings. The number of anilines is 1. The molecule has 0 aliphatic carbocycles. The minimum atomic E-state index is -0.467. The average molecular weight is 536 g/mol. The molecule has 6 nitrogen and oxygen atoms in total. The van der Waals surface area contributed by atoms with Crippen LogP contribution in [-0.2, 0) is 9.59 Å². The highest BCUT2D eigenvalue weighted by Gasteiger charge is 2.36. The van der Waals surface area contributed by atoms with E-state index in [2.05, 4.69) is 34.8 Å². The first-order valence-electron chi connectivity index (χ1n) is 9.50. The van der Waals surface area contributed by atoms with E-state index in [0.29, 0.717) is 17.2 Å². The predicted octanol–water partition coefficient (Wildman–Crippen LogP) is 5.15. The molecule has 3 amide bonds. The molecule has 1 aliphatic rings. The fourth-order valence-corrected chi connectivity index (χ4v) is 3.86. The first-order valence-corrected chi connectivity index (χ1v) is 11.4. The Hall–Kier alpha value is -2.33.